The number of ether oxygens (including phenoxy) is 2. The van der Waals surface area contributed by atoms with E-state index in [0.717, 1.165) is 12.1 Å². The lowest BCUT2D eigenvalue weighted by Crippen LogP contribution is -2.44. The lowest BCUT2D eigenvalue weighted by Gasteiger charge is -2.30. The number of fused-ring (bicyclic) bond motifs is 2. The predicted molar refractivity (Wildman–Crippen MR) is 159 cm³/mol. The van der Waals surface area contributed by atoms with E-state index in [1.165, 1.54) is 26.2 Å². The van der Waals surface area contributed by atoms with Crippen molar-refractivity contribution < 1.29 is 37.3 Å². The SMILES string of the molecule is COc1cc(C(=O)NCC(O)(c2cc3c(c(-c4ccc(F)c(F)c4F)n2)OC[C@]3(C)C(N)=O)C2CC2)cc2cc(Cl)c(C)nc12. The summed E-state index contributed by atoms with van der Waals surface area (Å²) in [6, 6.07) is 7.96. The first kappa shape index (κ1) is 30.6. The van der Waals surface area contributed by atoms with E-state index in [1.54, 1.807) is 19.1 Å². The van der Waals surface area contributed by atoms with Gasteiger partial charge in [0.05, 0.1) is 30.1 Å². The van der Waals surface area contributed by atoms with E-state index in [1.807, 2.05) is 0 Å². The minimum Gasteiger partial charge on any atom is -0.494 e. The largest absolute Gasteiger partial charge is 0.494 e. The van der Waals surface area contributed by atoms with E-state index in [2.05, 4.69) is 15.3 Å². The monoisotopic (exact) mass is 640 g/mol. The fourth-order valence-electron chi connectivity index (χ4n) is 5.63. The Bertz CT molecular complexity index is 1920. The van der Waals surface area contributed by atoms with Crippen LogP contribution in [0.25, 0.3) is 22.2 Å². The van der Waals surface area contributed by atoms with Gasteiger partial charge in [0.1, 0.15) is 40.3 Å². The fourth-order valence-corrected chi connectivity index (χ4v) is 5.79. The van der Waals surface area contributed by atoms with E-state index in [9.17, 15) is 23.5 Å². The first-order valence-electron chi connectivity index (χ1n) is 14.1. The summed E-state index contributed by atoms with van der Waals surface area (Å²) in [4.78, 5) is 35.0. The number of hydrogen-bond acceptors (Lipinski definition) is 7. The Balaban J connectivity index is 1.42. The lowest BCUT2D eigenvalue weighted by molar-refractivity contribution is -0.123. The first-order chi connectivity index (χ1) is 21.3. The molecular weight excluding hydrogens is 613 g/mol. The van der Waals surface area contributed by atoms with Crippen LogP contribution in [0.2, 0.25) is 5.02 Å². The van der Waals surface area contributed by atoms with Crippen molar-refractivity contribution in [2.24, 2.45) is 11.7 Å². The van der Waals surface area contributed by atoms with E-state index < -0.39 is 45.8 Å². The van der Waals surface area contributed by atoms with Gasteiger partial charge in [-0.05, 0) is 69.0 Å². The van der Waals surface area contributed by atoms with Gasteiger partial charge in [0, 0.05) is 22.1 Å². The van der Waals surface area contributed by atoms with Gasteiger partial charge in [-0.2, -0.15) is 0 Å². The maximum Gasteiger partial charge on any atom is 0.251 e. The molecule has 2 aromatic carbocycles. The third kappa shape index (κ3) is 5.01. The molecule has 2 amide bonds. The Kier molecular flexibility index (Phi) is 7.40. The molecule has 9 nitrogen and oxygen atoms in total. The highest BCUT2D eigenvalue weighted by Crippen LogP contribution is 2.50. The third-order valence-corrected chi connectivity index (χ3v) is 9.00. The summed E-state index contributed by atoms with van der Waals surface area (Å²) < 4.78 is 54.4. The van der Waals surface area contributed by atoms with Crippen molar-refractivity contribution in [3.05, 3.63) is 81.4 Å². The Morgan fingerprint density at radius 2 is 1.91 bits per heavy atom. The van der Waals surface area contributed by atoms with Crippen LogP contribution in [-0.4, -0.2) is 47.2 Å². The number of aliphatic hydroxyl groups is 1. The number of halogens is 4. The average molecular weight is 641 g/mol. The Hall–Kier alpha value is -4.42. The van der Waals surface area contributed by atoms with Crippen molar-refractivity contribution in [3.63, 3.8) is 0 Å². The van der Waals surface area contributed by atoms with Crippen LogP contribution in [-0.2, 0) is 15.8 Å². The second-order valence-corrected chi connectivity index (χ2v) is 12.0. The molecule has 234 valence electrons. The third-order valence-electron chi connectivity index (χ3n) is 8.62. The van der Waals surface area contributed by atoms with Gasteiger partial charge in [-0.25, -0.2) is 23.1 Å². The molecule has 0 spiro atoms. The molecule has 45 heavy (non-hydrogen) atoms. The topological polar surface area (TPSA) is 137 Å². The zero-order valence-corrected chi connectivity index (χ0v) is 25.2. The highest BCUT2D eigenvalue weighted by Gasteiger charge is 2.50. The summed E-state index contributed by atoms with van der Waals surface area (Å²) in [7, 11) is 1.45. The quantitative estimate of drug-likeness (QED) is 0.234. The zero-order chi connectivity index (χ0) is 32.4. The van der Waals surface area contributed by atoms with E-state index >= 15 is 4.39 Å². The van der Waals surface area contributed by atoms with Gasteiger partial charge in [0.2, 0.25) is 5.91 Å². The molecule has 2 aromatic heterocycles. The number of rotatable bonds is 8. The molecule has 2 atom stereocenters. The van der Waals surface area contributed by atoms with Crippen molar-refractivity contribution in [2.75, 3.05) is 20.3 Å². The molecular formula is C32H28ClF3N4O5. The number of amides is 2. The summed E-state index contributed by atoms with van der Waals surface area (Å²) >= 11 is 6.26. The van der Waals surface area contributed by atoms with Crippen molar-refractivity contribution in [1.29, 1.82) is 0 Å². The van der Waals surface area contributed by atoms with E-state index in [4.69, 9.17) is 26.8 Å². The van der Waals surface area contributed by atoms with Crippen LogP contribution >= 0.6 is 11.6 Å². The molecule has 4 N–H and O–H groups in total. The molecule has 2 aliphatic rings. The molecule has 6 rings (SSSR count). The predicted octanol–water partition coefficient (Wildman–Crippen LogP) is 4.85. The summed E-state index contributed by atoms with van der Waals surface area (Å²) in [6.45, 7) is 2.72. The van der Waals surface area contributed by atoms with E-state index in [0.29, 0.717) is 40.2 Å². The smallest absolute Gasteiger partial charge is 0.251 e. The second-order valence-electron chi connectivity index (χ2n) is 11.6. The van der Waals surface area contributed by atoms with Crippen LogP contribution in [0.15, 0.2) is 36.4 Å². The average Bonchev–Trinajstić information content (AvgIpc) is 3.82. The van der Waals surface area contributed by atoms with Gasteiger partial charge in [-0.3, -0.25) is 9.59 Å². The molecule has 1 fully saturated rings. The molecule has 0 saturated heterocycles. The Labute approximate surface area is 260 Å². The number of nitrogens with zero attached hydrogens (tertiary/aromatic N) is 2. The van der Waals surface area contributed by atoms with Crippen LogP contribution in [0.5, 0.6) is 11.5 Å². The summed E-state index contributed by atoms with van der Waals surface area (Å²) in [5.41, 5.74) is 3.32. The normalized spacial score (nSPS) is 18.7. The van der Waals surface area contributed by atoms with Crippen LogP contribution in [0.4, 0.5) is 13.2 Å². The number of aromatic nitrogens is 2. The fraction of sp³-hybridized carbons (Fsp3) is 0.312. The Morgan fingerprint density at radius 1 is 1.18 bits per heavy atom. The van der Waals surface area contributed by atoms with Crippen molar-refractivity contribution in [2.45, 2.75) is 37.7 Å². The number of primary amides is 1. The van der Waals surface area contributed by atoms with Crippen LogP contribution < -0.4 is 20.5 Å². The van der Waals surface area contributed by atoms with Gasteiger partial charge >= 0.3 is 0 Å². The van der Waals surface area contributed by atoms with Gasteiger partial charge in [0.25, 0.3) is 5.91 Å². The highest BCUT2D eigenvalue weighted by atomic mass is 35.5. The number of methoxy groups -OCH3 is 1. The number of carbonyl (C=O) groups is 2. The summed E-state index contributed by atoms with van der Waals surface area (Å²) in [5, 5.41) is 15.9. The van der Waals surface area contributed by atoms with E-state index in [-0.39, 0.29) is 47.3 Å². The molecule has 1 unspecified atom stereocenters. The molecule has 3 heterocycles. The number of nitrogens with two attached hydrogens (primary N) is 1. The zero-order valence-electron chi connectivity index (χ0n) is 24.4. The van der Waals surface area contributed by atoms with Crippen molar-refractivity contribution in [1.82, 2.24) is 15.3 Å². The second kappa shape index (κ2) is 10.9. The minimum absolute atomic E-state index is 0.0243. The van der Waals surface area contributed by atoms with Crippen LogP contribution in [0, 0.1) is 30.3 Å². The molecule has 1 aliphatic heterocycles. The number of pyridine rings is 2. The van der Waals surface area contributed by atoms with Crippen molar-refractivity contribution >= 4 is 34.3 Å². The number of aryl methyl sites for hydroxylation is 1. The number of nitrogens with one attached hydrogen (secondary N) is 1. The van der Waals surface area contributed by atoms with Gasteiger partial charge in [-0.15, -0.1) is 0 Å². The van der Waals surface area contributed by atoms with Crippen molar-refractivity contribution in [3.8, 4) is 22.8 Å². The van der Waals surface area contributed by atoms with Gasteiger partial charge in [-0.1, -0.05) is 11.6 Å². The molecule has 1 aliphatic carbocycles. The number of hydrogen-bond donors (Lipinski definition) is 3. The molecule has 13 heteroatoms. The first-order valence-corrected chi connectivity index (χ1v) is 14.4. The highest BCUT2D eigenvalue weighted by molar-refractivity contribution is 6.31. The minimum atomic E-state index is -1.81. The van der Waals surface area contributed by atoms with Crippen LogP contribution in [0.1, 0.15) is 47.1 Å². The summed E-state index contributed by atoms with van der Waals surface area (Å²) in [5.74, 6) is -6.01. The van der Waals surface area contributed by atoms with Gasteiger partial charge < -0.3 is 25.6 Å². The maximum absolute atomic E-state index is 15.1. The number of carbonyl (C=O) groups excluding carboxylic acids is 2. The van der Waals surface area contributed by atoms with Gasteiger partial charge in [0.15, 0.2) is 17.5 Å². The number of benzene rings is 2. The Morgan fingerprint density at radius 3 is 2.58 bits per heavy atom. The molecule has 0 bridgehead atoms. The summed E-state index contributed by atoms with van der Waals surface area (Å²) in [6.07, 6.45) is 1.16. The lowest BCUT2D eigenvalue weighted by atomic mass is 9.81. The molecule has 4 aromatic rings. The van der Waals surface area contributed by atoms with Crippen LogP contribution in [0.3, 0.4) is 0 Å². The molecule has 1 saturated carbocycles. The molecule has 0 radical (unpaired) electrons. The maximum atomic E-state index is 15.1. The standard InChI is InChI=1S/C32H28ClF3N4O5/c1-14-20(33)9-15-8-16(10-22(44-3)26(15)39-14)29(41)38-12-32(43,17-4-5-17)23-11-19-28(45-13-31(19,2)30(37)42)27(40-23)18-6-7-21(34)25(36)24(18)35/h6-11,17,43H,4-5,12-13H2,1-3H3,(H2,37,42)(H,38,41)/t31-,32?/m0/s1.